The Balaban J connectivity index is 1.60. The predicted octanol–water partition coefficient (Wildman–Crippen LogP) is 2.79. The van der Waals surface area contributed by atoms with Gasteiger partial charge in [0.25, 0.3) is 5.91 Å². The number of carbonyl (C=O) groups is 1. The lowest BCUT2D eigenvalue weighted by Crippen LogP contribution is -2.26. The number of aromatic nitrogens is 3. The first kappa shape index (κ1) is 18.5. The molecule has 0 atom stereocenters. The summed E-state index contributed by atoms with van der Waals surface area (Å²) < 4.78 is 0. The quantitative estimate of drug-likeness (QED) is 0.701. The van der Waals surface area contributed by atoms with Crippen molar-refractivity contribution in [3.63, 3.8) is 0 Å². The Hall–Kier alpha value is -3.28. The maximum absolute atomic E-state index is 12.5. The van der Waals surface area contributed by atoms with Crippen molar-refractivity contribution < 1.29 is 4.79 Å². The lowest BCUT2D eigenvalue weighted by molar-refractivity contribution is 0.0945. The molecular weight excluding hydrogens is 338 g/mol. The van der Waals surface area contributed by atoms with Gasteiger partial charge in [0.1, 0.15) is 17.8 Å². The maximum atomic E-state index is 12.5. The number of amides is 1. The van der Waals surface area contributed by atoms with E-state index in [2.05, 4.69) is 20.3 Å². The number of hydrogen-bond acceptors (Lipinski definition) is 5. The van der Waals surface area contributed by atoms with Gasteiger partial charge in [0.05, 0.1) is 0 Å². The molecule has 0 aliphatic carbocycles. The number of carbonyl (C=O) groups excluding carboxylic acids is 1. The molecule has 138 valence electrons. The van der Waals surface area contributed by atoms with Crippen LogP contribution >= 0.6 is 0 Å². The summed E-state index contributed by atoms with van der Waals surface area (Å²) in [6, 6.07) is 13.7. The number of anilines is 1. The monoisotopic (exact) mass is 361 g/mol. The number of rotatable bonds is 7. The average molecular weight is 361 g/mol. The number of hydrogen-bond donors (Lipinski definition) is 1. The minimum absolute atomic E-state index is 0.204. The molecule has 0 unspecified atom stereocenters. The van der Waals surface area contributed by atoms with Gasteiger partial charge in [0.15, 0.2) is 0 Å². The van der Waals surface area contributed by atoms with Crippen molar-refractivity contribution in [3.05, 3.63) is 83.6 Å². The van der Waals surface area contributed by atoms with E-state index >= 15 is 0 Å². The third kappa shape index (κ3) is 5.10. The Bertz CT molecular complexity index is 898. The summed E-state index contributed by atoms with van der Waals surface area (Å²) in [5.41, 5.74) is 3.82. The molecule has 0 saturated carbocycles. The summed E-state index contributed by atoms with van der Waals surface area (Å²) in [5.74, 6) is 0.518. The highest BCUT2D eigenvalue weighted by molar-refractivity contribution is 5.92. The molecule has 0 aliphatic rings. The van der Waals surface area contributed by atoms with E-state index in [4.69, 9.17) is 0 Å². The Morgan fingerprint density at radius 2 is 1.89 bits per heavy atom. The number of aryl methyl sites for hydroxylation is 1. The fraction of sp³-hybridized carbons (Fsp3) is 0.238. The molecule has 6 nitrogen and oxygen atoms in total. The molecule has 6 heteroatoms. The van der Waals surface area contributed by atoms with Gasteiger partial charge in [0.2, 0.25) is 0 Å². The second-order valence-corrected chi connectivity index (χ2v) is 6.40. The van der Waals surface area contributed by atoms with Crippen LogP contribution in [0.4, 0.5) is 5.82 Å². The Labute approximate surface area is 159 Å². The van der Waals surface area contributed by atoms with Gasteiger partial charge in [-0.25, -0.2) is 9.97 Å². The maximum Gasteiger partial charge on any atom is 0.270 e. The molecule has 0 spiro atoms. The van der Waals surface area contributed by atoms with Gasteiger partial charge in [-0.05, 0) is 42.2 Å². The highest BCUT2D eigenvalue weighted by atomic mass is 16.1. The molecule has 2 aromatic heterocycles. The Morgan fingerprint density at radius 3 is 2.67 bits per heavy atom. The van der Waals surface area contributed by atoms with Crippen molar-refractivity contribution in [3.8, 4) is 0 Å². The molecule has 2 heterocycles. The van der Waals surface area contributed by atoms with Crippen LogP contribution in [-0.2, 0) is 13.0 Å². The molecular formula is C21H23N5O. The number of benzene rings is 1. The Morgan fingerprint density at radius 1 is 1.11 bits per heavy atom. The van der Waals surface area contributed by atoms with Crippen LogP contribution in [-0.4, -0.2) is 34.5 Å². The van der Waals surface area contributed by atoms with Crippen molar-refractivity contribution in [1.82, 2.24) is 20.3 Å². The molecule has 3 aromatic rings. The van der Waals surface area contributed by atoms with Crippen LogP contribution in [0.3, 0.4) is 0 Å². The average Bonchev–Trinajstić information content (AvgIpc) is 2.72. The Kier molecular flexibility index (Phi) is 6.10. The van der Waals surface area contributed by atoms with Crippen LogP contribution in [0.2, 0.25) is 0 Å². The largest absolute Gasteiger partial charge is 0.359 e. The van der Waals surface area contributed by atoms with Gasteiger partial charge < -0.3 is 10.2 Å². The topological polar surface area (TPSA) is 71.0 Å². The minimum atomic E-state index is -0.204. The van der Waals surface area contributed by atoms with E-state index in [0.29, 0.717) is 12.2 Å². The van der Waals surface area contributed by atoms with E-state index in [0.717, 1.165) is 29.9 Å². The molecule has 0 aliphatic heterocycles. The SMILES string of the molecule is Cc1ccccc1CNC(=O)c1cc(N(C)CCc2ccncc2)ncn1. The van der Waals surface area contributed by atoms with Crippen molar-refractivity contribution in [2.24, 2.45) is 0 Å². The molecule has 1 aromatic carbocycles. The van der Waals surface area contributed by atoms with Crippen LogP contribution in [0.1, 0.15) is 27.2 Å². The van der Waals surface area contributed by atoms with E-state index in [1.165, 1.54) is 11.9 Å². The van der Waals surface area contributed by atoms with Crippen LogP contribution in [0.5, 0.6) is 0 Å². The number of nitrogens with one attached hydrogen (secondary N) is 1. The van der Waals surface area contributed by atoms with E-state index in [1.54, 1.807) is 18.5 Å². The van der Waals surface area contributed by atoms with E-state index in [-0.39, 0.29) is 5.91 Å². The summed E-state index contributed by atoms with van der Waals surface area (Å²) in [6.07, 6.45) is 5.88. The fourth-order valence-electron chi connectivity index (χ4n) is 2.72. The molecule has 1 amide bonds. The number of likely N-dealkylation sites (N-methyl/N-ethyl adjacent to an activating group) is 1. The summed E-state index contributed by atoms with van der Waals surface area (Å²) in [4.78, 5) is 26.9. The first-order valence-corrected chi connectivity index (χ1v) is 8.88. The zero-order valence-corrected chi connectivity index (χ0v) is 15.6. The van der Waals surface area contributed by atoms with Gasteiger partial charge in [-0.3, -0.25) is 9.78 Å². The normalized spacial score (nSPS) is 10.4. The van der Waals surface area contributed by atoms with Crippen molar-refractivity contribution >= 4 is 11.7 Å². The summed E-state index contributed by atoms with van der Waals surface area (Å²) in [5, 5.41) is 2.93. The molecule has 3 rings (SSSR count). The van der Waals surface area contributed by atoms with Gasteiger partial charge in [0, 0.05) is 38.6 Å². The summed E-state index contributed by atoms with van der Waals surface area (Å²) in [6.45, 7) is 3.29. The smallest absolute Gasteiger partial charge is 0.270 e. The third-order valence-electron chi connectivity index (χ3n) is 4.46. The van der Waals surface area contributed by atoms with Crippen LogP contribution < -0.4 is 10.2 Å². The molecule has 0 radical (unpaired) electrons. The van der Waals surface area contributed by atoms with Crippen LogP contribution in [0.25, 0.3) is 0 Å². The minimum Gasteiger partial charge on any atom is -0.359 e. The van der Waals surface area contributed by atoms with Crippen LogP contribution in [0, 0.1) is 6.92 Å². The lowest BCUT2D eigenvalue weighted by Gasteiger charge is -2.18. The summed E-state index contributed by atoms with van der Waals surface area (Å²) in [7, 11) is 1.96. The summed E-state index contributed by atoms with van der Waals surface area (Å²) >= 11 is 0. The molecule has 1 N–H and O–H groups in total. The van der Waals surface area contributed by atoms with E-state index < -0.39 is 0 Å². The van der Waals surface area contributed by atoms with Gasteiger partial charge >= 0.3 is 0 Å². The highest BCUT2D eigenvalue weighted by Crippen LogP contribution is 2.11. The zero-order valence-electron chi connectivity index (χ0n) is 15.6. The van der Waals surface area contributed by atoms with Gasteiger partial charge in [-0.1, -0.05) is 24.3 Å². The van der Waals surface area contributed by atoms with Crippen molar-refractivity contribution in [1.29, 1.82) is 0 Å². The molecule has 0 fully saturated rings. The van der Waals surface area contributed by atoms with E-state index in [1.807, 2.05) is 55.3 Å². The fourth-order valence-corrected chi connectivity index (χ4v) is 2.72. The highest BCUT2D eigenvalue weighted by Gasteiger charge is 2.11. The van der Waals surface area contributed by atoms with Gasteiger partial charge in [-0.15, -0.1) is 0 Å². The zero-order chi connectivity index (χ0) is 19.1. The molecule has 27 heavy (non-hydrogen) atoms. The first-order chi connectivity index (χ1) is 13.1. The number of nitrogens with zero attached hydrogens (tertiary/aromatic N) is 4. The lowest BCUT2D eigenvalue weighted by atomic mass is 10.1. The second kappa shape index (κ2) is 8.89. The number of pyridine rings is 1. The van der Waals surface area contributed by atoms with Crippen molar-refractivity contribution in [2.45, 2.75) is 19.9 Å². The second-order valence-electron chi connectivity index (χ2n) is 6.40. The van der Waals surface area contributed by atoms with E-state index in [9.17, 15) is 4.79 Å². The first-order valence-electron chi connectivity index (χ1n) is 8.88. The molecule has 0 bridgehead atoms. The third-order valence-corrected chi connectivity index (χ3v) is 4.46. The standard InChI is InChI=1S/C21H23N5O/c1-16-5-3-4-6-18(16)14-23-21(27)19-13-20(25-15-24-19)26(2)12-9-17-7-10-22-11-8-17/h3-8,10-11,13,15H,9,12,14H2,1-2H3,(H,23,27). The predicted molar refractivity (Wildman–Crippen MR) is 106 cm³/mol. The molecule has 0 saturated heterocycles. The van der Waals surface area contributed by atoms with Gasteiger partial charge in [-0.2, -0.15) is 0 Å². The van der Waals surface area contributed by atoms with Crippen LogP contribution in [0.15, 0.2) is 61.2 Å². The van der Waals surface area contributed by atoms with Crippen molar-refractivity contribution in [2.75, 3.05) is 18.5 Å².